The third-order valence-corrected chi connectivity index (χ3v) is 6.17. The molecule has 174 valence electrons. The normalized spacial score (nSPS) is 17.9. The van der Waals surface area contributed by atoms with E-state index in [1.807, 2.05) is 0 Å². The maximum atomic E-state index is 15.0. The van der Waals surface area contributed by atoms with Crippen molar-refractivity contribution in [2.75, 3.05) is 0 Å². The fraction of sp³-hybridized carbons (Fsp3) is 0.292. The third-order valence-electron chi connectivity index (χ3n) is 6.17. The van der Waals surface area contributed by atoms with Crippen LogP contribution in [0.15, 0.2) is 54.0 Å². The van der Waals surface area contributed by atoms with Crippen LogP contribution in [0.5, 0.6) is 0 Å². The lowest BCUT2D eigenvalue weighted by atomic mass is 10.1. The van der Waals surface area contributed by atoms with E-state index in [-0.39, 0.29) is 34.7 Å². The molecule has 2 atom stereocenters. The topological polar surface area (TPSA) is 115 Å². The summed E-state index contributed by atoms with van der Waals surface area (Å²) in [5.41, 5.74) is 1.59. The number of nitrogens with one attached hydrogen (secondary N) is 1. The van der Waals surface area contributed by atoms with Gasteiger partial charge in [-0.15, -0.1) is 0 Å². The number of carbonyl (C=O) groups is 1. The highest BCUT2D eigenvalue weighted by molar-refractivity contribution is 6.04. The van der Waals surface area contributed by atoms with Crippen LogP contribution in [-0.2, 0) is 13.6 Å². The van der Waals surface area contributed by atoms with E-state index in [1.54, 1.807) is 36.3 Å². The molecule has 3 aromatic heterocycles. The zero-order valence-corrected chi connectivity index (χ0v) is 18.5. The minimum atomic E-state index is -0.611. The predicted octanol–water partition coefficient (Wildman–Crippen LogP) is 2.02. The van der Waals surface area contributed by atoms with Crippen LogP contribution in [0.3, 0.4) is 0 Å². The van der Waals surface area contributed by atoms with Crippen molar-refractivity contribution in [1.82, 2.24) is 29.6 Å². The molecule has 1 aromatic carbocycles. The summed E-state index contributed by atoms with van der Waals surface area (Å²) in [6.45, 7) is -0.0865. The summed E-state index contributed by atoms with van der Waals surface area (Å²) in [5.74, 6) is -0.940. The highest BCUT2D eigenvalue weighted by Gasteiger charge is 2.28. The minimum absolute atomic E-state index is 0.0227. The summed E-state index contributed by atoms with van der Waals surface area (Å²) < 4.78 is 17.9. The molecule has 1 saturated carbocycles. The van der Waals surface area contributed by atoms with Gasteiger partial charge in [-0.25, -0.2) is 9.37 Å². The van der Waals surface area contributed by atoms with Gasteiger partial charge in [0.05, 0.1) is 30.5 Å². The molecule has 4 aromatic rings. The first-order chi connectivity index (χ1) is 16.4. The zero-order chi connectivity index (χ0) is 23.8. The second-order valence-corrected chi connectivity index (χ2v) is 8.52. The lowest BCUT2D eigenvalue weighted by Gasteiger charge is -2.17. The largest absolute Gasteiger partial charge is 0.391 e. The third kappa shape index (κ3) is 4.08. The van der Waals surface area contributed by atoms with Gasteiger partial charge in [0.2, 0.25) is 0 Å². The van der Waals surface area contributed by atoms with Crippen LogP contribution in [0.25, 0.3) is 22.2 Å². The van der Waals surface area contributed by atoms with E-state index in [0.29, 0.717) is 18.4 Å². The van der Waals surface area contributed by atoms with Gasteiger partial charge >= 0.3 is 0 Å². The number of fused-ring (bicyclic) bond motifs is 1. The number of amides is 1. The number of benzene rings is 1. The lowest BCUT2D eigenvalue weighted by Crippen LogP contribution is -2.40. The molecular formula is C24H23FN6O3. The number of halogens is 1. The molecule has 34 heavy (non-hydrogen) atoms. The molecule has 0 radical (unpaired) electrons. The van der Waals surface area contributed by atoms with Crippen molar-refractivity contribution in [1.29, 1.82) is 0 Å². The summed E-state index contributed by atoms with van der Waals surface area (Å²) >= 11 is 0. The van der Waals surface area contributed by atoms with Crippen LogP contribution in [0.2, 0.25) is 0 Å². The van der Waals surface area contributed by atoms with E-state index in [2.05, 4.69) is 20.4 Å². The van der Waals surface area contributed by atoms with Gasteiger partial charge in [-0.05, 0) is 30.9 Å². The Kier molecular flexibility index (Phi) is 5.66. The molecule has 1 aliphatic carbocycles. The number of pyridine rings is 1. The Morgan fingerprint density at radius 1 is 1.18 bits per heavy atom. The number of aromatic nitrogens is 5. The van der Waals surface area contributed by atoms with Crippen molar-refractivity contribution in [3.63, 3.8) is 0 Å². The smallest absolute Gasteiger partial charge is 0.279 e. The first-order valence-corrected chi connectivity index (χ1v) is 11.0. The summed E-state index contributed by atoms with van der Waals surface area (Å²) in [5, 5.41) is 17.0. The minimum Gasteiger partial charge on any atom is -0.391 e. The number of hydrogen-bond acceptors (Lipinski definition) is 6. The van der Waals surface area contributed by atoms with E-state index < -0.39 is 23.4 Å². The lowest BCUT2D eigenvalue weighted by molar-refractivity contribution is 0.0874. The van der Waals surface area contributed by atoms with E-state index in [4.69, 9.17) is 0 Å². The molecule has 0 saturated heterocycles. The molecule has 0 spiro atoms. The Morgan fingerprint density at radius 2 is 1.97 bits per heavy atom. The molecule has 10 heteroatoms. The van der Waals surface area contributed by atoms with E-state index in [0.717, 1.165) is 12.0 Å². The van der Waals surface area contributed by atoms with Crippen molar-refractivity contribution in [2.24, 2.45) is 7.05 Å². The quantitative estimate of drug-likeness (QED) is 0.469. The molecule has 0 unspecified atom stereocenters. The maximum Gasteiger partial charge on any atom is 0.279 e. The molecule has 2 N–H and O–H groups in total. The number of rotatable bonds is 5. The van der Waals surface area contributed by atoms with Crippen molar-refractivity contribution in [3.05, 3.63) is 76.5 Å². The van der Waals surface area contributed by atoms with Gasteiger partial charge in [0.15, 0.2) is 5.52 Å². The maximum absolute atomic E-state index is 15.0. The van der Waals surface area contributed by atoms with Crippen molar-refractivity contribution in [3.8, 4) is 11.1 Å². The Labute approximate surface area is 193 Å². The van der Waals surface area contributed by atoms with E-state index in [9.17, 15) is 19.1 Å². The number of carbonyl (C=O) groups excluding carboxylic acids is 1. The van der Waals surface area contributed by atoms with Gasteiger partial charge in [0, 0.05) is 43.0 Å². The summed E-state index contributed by atoms with van der Waals surface area (Å²) in [7, 11) is 1.78. The van der Waals surface area contributed by atoms with Crippen LogP contribution in [0.1, 0.15) is 35.2 Å². The van der Waals surface area contributed by atoms with Gasteiger partial charge in [0.1, 0.15) is 11.3 Å². The molecule has 1 aliphatic rings. The second kappa shape index (κ2) is 8.79. The SMILES string of the molecule is Cn1cc(-c2ccc(Cn3cc(C(=O)N[C@H]4CCC[C@@H]4O)c4nccnc4c3=O)c(F)c2)cn1. The molecule has 5 rings (SSSR count). The van der Waals surface area contributed by atoms with Crippen LogP contribution in [0.4, 0.5) is 4.39 Å². The Morgan fingerprint density at radius 3 is 2.65 bits per heavy atom. The van der Waals surface area contributed by atoms with Crippen molar-refractivity contribution >= 4 is 16.9 Å². The number of aryl methyl sites for hydroxylation is 1. The highest BCUT2D eigenvalue weighted by atomic mass is 19.1. The first kappa shape index (κ1) is 21.9. The van der Waals surface area contributed by atoms with Crippen LogP contribution < -0.4 is 10.9 Å². The fourth-order valence-electron chi connectivity index (χ4n) is 4.35. The average molecular weight is 462 g/mol. The van der Waals surface area contributed by atoms with Gasteiger partial charge in [-0.2, -0.15) is 5.10 Å². The summed E-state index contributed by atoms with van der Waals surface area (Å²) in [4.78, 5) is 34.4. The number of aliphatic hydroxyl groups excluding tert-OH is 1. The van der Waals surface area contributed by atoms with Crippen molar-refractivity contribution in [2.45, 2.75) is 38.0 Å². The molecule has 3 heterocycles. The van der Waals surface area contributed by atoms with Gasteiger partial charge in [-0.3, -0.25) is 19.3 Å². The molecule has 0 bridgehead atoms. The average Bonchev–Trinajstić information content (AvgIpc) is 3.44. The molecule has 1 fully saturated rings. The Hall–Kier alpha value is -3.92. The van der Waals surface area contributed by atoms with Gasteiger partial charge in [-0.1, -0.05) is 12.1 Å². The molecule has 1 amide bonds. The molecule has 9 nitrogen and oxygen atoms in total. The second-order valence-electron chi connectivity index (χ2n) is 8.52. The zero-order valence-electron chi connectivity index (χ0n) is 18.5. The monoisotopic (exact) mass is 462 g/mol. The van der Waals surface area contributed by atoms with E-state index in [1.165, 1.54) is 29.2 Å². The van der Waals surface area contributed by atoms with Crippen LogP contribution in [0, 0.1) is 5.82 Å². The van der Waals surface area contributed by atoms with Crippen LogP contribution in [-0.4, -0.2) is 47.5 Å². The molecular weight excluding hydrogens is 439 g/mol. The first-order valence-electron chi connectivity index (χ1n) is 11.0. The number of hydrogen-bond donors (Lipinski definition) is 2. The van der Waals surface area contributed by atoms with Gasteiger partial charge in [0.25, 0.3) is 11.5 Å². The summed E-state index contributed by atoms with van der Waals surface area (Å²) in [6, 6.07) is 4.40. The van der Waals surface area contributed by atoms with Crippen LogP contribution >= 0.6 is 0 Å². The van der Waals surface area contributed by atoms with Crippen molar-refractivity contribution < 1.29 is 14.3 Å². The number of nitrogens with zero attached hydrogens (tertiary/aromatic N) is 5. The highest BCUT2D eigenvalue weighted by Crippen LogP contribution is 2.23. The van der Waals surface area contributed by atoms with Gasteiger partial charge < -0.3 is 15.0 Å². The van der Waals surface area contributed by atoms with E-state index >= 15 is 0 Å². The fourth-order valence-corrected chi connectivity index (χ4v) is 4.35. The molecule has 0 aliphatic heterocycles. The summed E-state index contributed by atoms with van der Waals surface area (Å²) in [6.07, 6.45) is 9.10. The Bertz CT molecular complexity index is 1450. The standard InChI is InChI=1S/C24H23FN6O3/c1-30-11-16(10-28-30)14-5-6-15(18(25)9-14)12-31-13-17(21-22(24(31)34)27-8-7-26-21)23(33)29-19-3-2-4-20(19)32/h5-11,13,19-20,32H,2-4,12H2,1H3,(H,29,33)/t19-,20-/m0/s1. The Balaban J connectivity index is 1.50. The number of aliphatic hydroxyl groups is 1. The predicted molar refractivity (Wildman–Crippen MR) is 123 cm³/mol.